The molecule has 0 bridgehead atoms. The third-order valence-electron chi connectivity index (χ3n) is 6.08. The van der Waals surface area contributed by atoms with E-state index in [4.69, 9.17) is 21.6 Å². The van der Waals surface area contributed by atoms with Crippen molar-refractivity contribution in [1.82, 2.24) is 14.5 Å². The molecule has 3 aromatic heterocycles. The molecule has 172 valence electrons. The molecule has 0 radical (unpaired) electrons. The molecule has 0 aliphatic heterocycles. The van der Waals surface area contributed by atoms with Gasteiger partial charge in [-0.15, -0.1) is 11.3 Å². The van der Waals surface area contributed by atoms with Gasteiger partial charge in [-0.2, -0.15) is 0 Å². The van der Waals surface area contributed by atoms with Gasteiger partial charge in [0.15, 0.2) is 0 Å². The van der Waals surface area contributed by atoms with Gasteiger partial charge in [-0.3, -0.25) is 4.79 Å². The highest BCUT2D eigenvalue weighted by Crippen LogP contribution is 2.39. The van der Waals surface area contributed by atoms with Crippen molar-refractivity contribution < 1.29 is 5.11 Å². The normalized spacial score (nSPS) is 13.4. The maximum atomic E-state index is 13.8. The summed E-state index contributed by atoms with van der Waals surface area (Å²) in [4.78, 5) is 24.7. The van der Waals surface area contributed by atoms with E-state index in [1.54, 1.807) is 16.7 Å². The summed E-state index contributed by atoms with van der Waals surface area (Å²) in [5, 5.41) is 14.1. The van der Waals surface area contributed by atoms with Crippen LogP contribution in [0.25, 0.3) is 26.1 Å². The average molecular weight is 483 g/mol. The molecule has 1 aliphatic rings. The minimum atomic E-state index is -0.131. The lowest BCUT2D eigenvalue weighted by Gasteiger charge is -2.14. The number of benzene rings is 1. The highest BCUT2D eigenvalue weighted by atomic mass is 35.5. The van der Waals surface area contributed by atoms with Gasteiger partial charge in [-0.05, 0) is 67.3 Å². The first-order valence-corrected chi connectivity index (χ1v) is 12.7. The van der Waals surface area contributed by atoms with Crippen LogP contribution in [-0.2, 0) is 19.3 Å². The van der Waals surface area contributed by atoms with E-state index in [-0.39, 0.29) is 12.2 Å². The quantitative estimate of drug-likeness (QED) is 0.357. The Morgan fingerprint density at radius 3 is 2.82 bits per heavy atom. The van der Waals surface area contributed by atoms with Crippen LogP contribution in [0.15, 0.2) is 29.1 Å². The van der Waals surface area contributed by atoms with Crippen molar-refractivity contribution in [3.63, 3.8) is 0 Å². The molecule has 3 heterocycles. The minimum absolute atomic E-state index is 0.0636. The number of halogens is 1. The number of pyridine rings is 1. The predicted octanol–water partition coefficient (Wildman–Crippen LogP) is 5.13. The minimum Gasteiger partial charge on any atom is -0.396 e. The van der Waals surface area contributed by atoms with Gasteiger partial charge in [0.2, 0.25) is 5.95 Å². The van der Waals surface area contributed by atoms with E-state index in [1.165, 1.54) is 28.2 Å². The molecular weight excluding hydrogens is 456 g/mol. The van der Waals surface area contributed by atoms with Crippen LogP contribution in [0.1, 0.15) is 43.5 Å². The summed E-state index contributed by atoms with van der Waals surface area (Å²) in [5.74, 6) is 0.982. The van der Waals surface area contributed by atoms with E-state index in [2.05, 4.69) is 19.2 Å². The fourth-order valence-corrected chi connectivity index (χ4v) is 5.98. The van der Waals surface area contributed by atoms with Crippen LogP contribution in [0.5, 0.6) is 0 Å². The molecule has 6 nitrogen and oxygen atoms in total. The van der Waals surface area contributed by atoms with Crippen molar-refractivity contribution >= 4 is 49.3 Å². The van der Waals surface area contributed by atoms with E-state index in [0.717, 1.165) is 41.4 Å². The number of rotatable bonds is 7. The highest BCUT2D eigenvalue weighted by molar-refractivity contribution is 7.25. The molecule has 4 aromatic rings. The monoisotopic (exact) mass is 482 g/mol. The lowest BCUT2D eigenvalue weighted by molar-refractivity contribution is 0.292. The third-order valence-corrected chi connectivity index (χ3v) is 7.38. The lowest BCUT2D eigenvalue weighted by Crippen LogP contribution is -2.23. The first-order chi connectivity index (χ1) is 16.0. The molecule has 2 N–H and O–H groups in total. The number of aliphatic hydroxyl groups is 1. The molecule has 0 atom stereocenters. The Bertz CT molecular complexity index is 1410. The summed E-state index contributed by atoms with van der Waals surface area (Å²) in [5.41, 5.74) is 5.10. The number of aryl methyl sites for hydroxylation is 1. The van der Waals surface area contributed by atoms with Crippen molar-refractivity contribution in [3.05, 3.63) is 56.5 Å². The zero-order valence-corrected chi connectivity index (χ0v) is 20.4. The van der Waals surface area contributed by atoms with Gasteiger partial charge in [-0.1, -0.05) is 31.5 Å². The highest BCUT2D eigenvalue weighted by Gasteiger charge is 2.26. The molecule has 0 saturated carbocycles. The molecule has 8 heteroatoms. The fourth-order valence-electron chi connectivity index (χ4n) is 4.70. The van der Waals surface area contributed by atoms with Gasteiger partial charge < -0.3 is 10.4 Å². The molecule has 1 aromatic carbocycles. The molecule has 33 heavy (non-hydrogen) atoms. The number of thiophene rings is 1. The number of aliphatic hydroxyl groups excluding tert-OH is 1. The van der Waals surface area contributed by atoms with Crippen molar-refractivity contribution in [2.24, 2.45) is 5.92 Å². The second kappa shape index (κ2) is 9.05. The third kappa shape index (κ3) is 4.03. The Balaban J connectivity index is 1.80. The first-order valence-electron chi connectivity index (χ1n) is 11.5. The van der Waals surface area contributed by atoms with E-state index in [9.17, 15) is 9.90 Å². The number of hydrogen-bond donors (Lipinski definition) is 2. The summed E-state index contributed by atoms with van der Waals surface area (Å²) < 4.78 is 2.19. The summed E-state index contributed by atoms with van der Waals surface area (Å²) in [6.45, 7) is 5.00. The van der Waals surface area contributed by atoms with Gasteiger partial charge in [0, 0.05) is 29.3 Å². The molecular formula is C25H27ClN4O2S. The number of nitrogens with zero attached hydrogens (tertiary/aromatic N) is 3. The Kier molecular flexibility index (Phi) is 6.12. The molecule has 0 saturated heterocycles. The van der Waals surface area contributed by atoms with Crippen molar-refractivity contribution in [2.75, 3.05) is 18.5 Å². The van der Waals surface area contributed by atoms with Gasteiger partial charge >= 0.3 is 0 Å². The molecule has 5 rings (SSSR count). The molecule has 0 unspecified atom stereocenters. The predicted molar refractivity (Wildman–Crippen MR) is 136 cm³/mol. The lowest BCUT2D eigenvalue weighted by atomic mass is 9.99. The van der Waals surface area contributed by atoms with Crippen molar-refractivity contribution in [2.45, 2.75) is 46.0 Å². The number of hydrogen-bond acceptors (Lipinski definition) is 6. The van der Waals surface area contributed by atoms with Crippen molar-refractivity contribution in [1.29, 1.82) is 0 Å². The zero-order valence-electron chi connectivity index (χ0n) is 18.8. The topological polar surface area (TPSA) is 80.0 Å². The standard InChI is InChI=1S/C25H27ClN4O2S/c1-14(2)12-19-17-8-4-9-18(17)20-21-22(33-23(20)28-19)24(32)30(16-7-3-6-15(26)13-16)25(29-21)27-10-5-11-31/h3,6-7,13-14,31H,4-5,8-12H2,1-2H3,(H,27,29). The second-order valence-corrected chi connectivity index (χ2v) is 10.4. The molecule has 0 fully saturated rings. The second-order valence-electron chi connectivity index (χ2n) is 8.99. The largest absolute Gasteiger partial charge is 0.396 e. The molecule has 0 amide bonds. The summed E-state index contributed by atoms with van der Waals surface area (Å²) >= 11 is 7.67. The van der Waals surface area contributed by atoms with Crippen LogP contribution < -0.4 is 10.9 Å². The van der Waals surface area contributed by atoms with Gasteiger partial charge in [-0.25, -0.2) is 14.5 Å². The summed E-state index contributed by atoms with van der Waals surface area (Å²) in [6.07, 6.45) is 4.65. The Morgan fingerprint density at radius 1 is 1.24 bits per heavy atom. The van der Waals surface area contributed by atoms with Gasteiger partial charge in [0.1, 0.15) is 15.0 Å². The van der Waals surface area contributed by atoms with Crippen LogP contribution in [0, 0.1) is 5.92 Å². The Morgan fingerprint density at radius 2 is 2.06 bits per heavy atom. The van der Waals surface area contributed by atoms with E-state index >= 15 is 0 Å². The summed E-state index contributed by atoms with van der Waals surface area (Å²) in [7, 11) is 0. The number of fused-ring (bicyclic) bond motifs is 5. The Labute approximate surface area is 201 Å². The van der Waals surface area contributed by atoms with Crippen LogP contribution in [0.4, 0.5) is 5.95 Å². The van der Waals surface area contributed by atoms with E-state index in [0.29, 0.717) is 40.2 Å². The maximum absolute atomic E-state index is 13.8. The van der Waals surface area contributed by atoms with Gasteiger partial charge in [0.05, 0.1) is 5.69 Å². The number of aromatic nitrogens is 3. The van der Waals surface area contributed by atoms with Gasteiger partial charge in [0.25, 0.3) is 5.56 Å². The summed E-state index contributed by atoms with van der Waals surface area (Å²) in [6, 6.07) is 7.22. The SMILES string of the molecule is CC(C)Cc1nc2sc3c(=O)n(-c4cccc(Cl)c4)c(NCCCO)nc3c2c2c1CCC2. The zero-order chi connectivity index (χ0) is 23.1. The fraction of sp³-hybridized carbons (Fsp3) is 0.400. The molecule has 1 aliphatic carbocycles. The van der Waals surface area contributed by atoms with Crippen LogP contribution >= 0.6 is 22.9 Å². The van der Waals surface area contributed by atoms with Crippen LogP contribution in [0.2, 0.25) is 5.02 Å². The first kappa shape index (κ1) is 22.3. The molecule has 0 spiro atoms. The Hall–Kier alpha value is -2.48. The van der Waals surface area contributed by atoms with Crippen molar-refractivity contribution in [3.8, 4) is 5.69 Å². The van der Waals surface area contributed by atoms with Crippen LogP contribution in [-0.4, -0.2) is 32.8 Å². The van der Waals surface area contributed by atoms with Crippen LogP contribution in [0.3, 0.4) is 0 Å². The number of anilines is 1. The van der Waals surface area contributed by atoms with E-state index in [1.807, 2.05) is 12.1 Å². The smallest absolute Gasteiger partial charge is 0.277 e. The van der Waals surface area contributed by atoms with E-state index < -0.39 is 0 Å². The number of nitrogens with one attached hydrogen (secondary N) is 1. The average Bonchev–Trinajstić information content (AvgIpc) is 3.39. The maximum Gasteiger partial charge on any atom is 0.277 e.